The average molecular weight is 404 g/mol. The van der Waals surface area contributed by atoms with Gasteiger partial charge in [0.2, 0.25) is 11.8 Å². The fourth-order valence-corrected chi connectivity index (χ4v) is 4.18. The molecule has 0 atom stereocenters. The lowest BCUT2D eigenvalue weighted by Crippen LogP contribution is -2.44. The number of carbonyl (C=O) groups is 2. The number of methoxy groups -OCH3 is 2. The number of carbonyl (C=O) groups excluding carboxylic acids is 2. The molecule has 2 aliphatic rings. The molecule has 1 N–H and O–H groups in total. The number of nitrogens with one attached hydrogen (secondary N) is 1. The summed E-state index contributed by atoms with van der Waals surface area (Å²) < 4.78 is 10.5. The van der Waals surface area contributed by atoms with Crippen LogP contribution in [0.5, 0.6) is 11.5 Å². The minimum absolute atomic E-state index is 0.0780. The molecule has 2 amide bonds. The SMILES string of the molecule is COc1ccc(NC(=O)CN2CCC(C(=O)N3CCCCCC3)CC2)c(OC)c1. The number of benzene rings is 1. The highest BCUT2D eigenvalue weighted by Gasteiger charge is 2.29. The van der Waals surface area contributed by atoms with Crippen LogP contribution < -0.4 is 14.8 Å². The van der Waals surface area contributed by atoms with E-state index in [9.17, 15) is 9.59 Å². The van der Waals surface area contributed by atoms with Gasteiger partial charge in [-0.05, 0) is 50.9 Å². The van der Waals surface area contributed by atoms with Crippen molar-refractivity contribution >= 4 is 17.5 Å². The van der Waals surface area contributed by atoms with Gasteiger partial charge in [0, 0.05) is 25.1 Å². The van der Waals surface area contributed by atoms with E-state index < -0.39 is 0 Å². The van der Waals surface area contributed by atoms with Crippen LogP contribution in [-0.4, -0.2) is 68.6 Å². The Balaban J connectivity index is 1.46. The fourth-order valence-electron chi connectivity index (χ4n) is 4.18. The van der Waals surface area contributed by atoms with Crippen LogP contribution in [-0.2, 0) is 9.59 Å². The van der Waals surface area contributed by atoms with E-state index in [0.29, 0.717) is 29.6 Å². The highest BCUT2D eigenvalue weighted by Crippen LogP contribution is 2.29. The van der Waals surface area contributed by atoms with Gasteiger partial charge in [-0.15, -0.1) is 0 Å². The Morgan fingerprint density at radius 2 is 1.69 bits per heavy atom. The second-order valence-electron chi connectivity index (χ2n) is 7.90. The van der Waals surface area contributed by atoms with Crippen molar-refractivity contribution in [1.82, 2.24) is 9.80 Å². The van der Waals surface area contributed by atoms with Crippen molar-refractivity contribution in [2.75, 3.05) is 52.3 Å². The minimum atomic E-state index is -0.0780. The maximum absolute atomic E-state index is 12.8. The maximum atomic E-state index is 12.8. The summed E-state index contributed by atoms with van der Waals surface area (Å²) in [7, 11) is 3.16. The number of piperidine rings is 1. The van der Waals surface area contributed by atoms with Crippen LogP contribution in [0, 0.1) is 5.92 Å². The Bertz CT molecular complexity index is 693. The number of amides is 2. The monoisotopic (exact) mass is 403 g/mol. The molecule has 0 spiro atoms. The molecule has 0 saturated carbocycles. The molecule has 1 aromatic rings. The lowest BCUT2D eigenvalue weighted by Gasteiger charge is -2.33. The minimum Gasteiger partial charge on any atom is -0.497 e. The van der Waals surface area contributed by atoms with Gasteiger partial charge in [0.25, 0.3) is 0 Å². The molecule has 0 aromatic heterocycles. The predicted molar refractivity (Wildman–Crippen MR) is 112 cm³/mol. The van der Waals surface area contributed by atoms with E-state index in [2.05, 4.69) is 15.1 Å². The normalized spacial score (nSPS) is 18.8. The van der Waals surface area contributed by atoms with Crippen LogP contribution in [0.4, 0.5) is 5.69 Å². The molecule has 29 heavy (non-hydrogen) atoms. The van der Waals surface area contributed by atoms with Crippen LogP contribution in [0.2, 0.25) is 0 Å². The molecule has 7 nitrogen and oxygen atoms in total. The van der Waals surface area contributed by atoms with E-state index in [1.807, 2.05) is 0 Å². The number of hydrogen-bond acceptors (Lipinski definition) is 5. The van der Waals surface area contributed by atoms with Crippen LogP contribution in [0.3, 0.4) is 0 Å². The standard InChI is InChI=1S/C22H33N3O4/c1-28-18-7-8-19(20(15-18)29-2)23-21(26)16-24-13-9-17(10-14-24)22(27)25-11-5-3-4-6-12-25/h7-8,15,17H,3-6,9-14,16H2,1-2H3,(H,23,26). The molecule has 2 aliphatic heterocycles. The third kappa shape index (κ3) is 5.85. The van der Waals surface area contributed by atoms with E-state index in [1.54, 1.807) is 32.4 Å². The van der Waals surface area contributed by atoms with Gasteiger partial charge in [-0.25, -0.2) is 0 Å². The summed E-state index contributed by atoms with van der Waals surface area (Å²) in [5.74, 6) is 1.59. The van der Waals surface area contributed by atoms with Gasteiger partial charge in [0.15, 0.2) is 0 Å². The summed E-state index contributed by atoms with van der Waals surface area (Å²) >= 11 is 0. The summed E-state index contributed by atoms with van der Waals surface area (Å²) in [4.78, 5) is 29.5. The van der Waals surface area contributed by atoms with Crippen molar-refractivity contribution in [1.29, 1.82) is 0 Å². The molecule has 0 aliphatic carbocycles. The third-order valence-corrected chi connectivity index (χ3v) is 5.90. The van der Waals surface area contributed by atoms with Gasteiger partial charge < -0.3 is 19.7 Å². The van der Waals surface area contributed by atoms with Gasteiger partial charge in [-0.1, -0.05) is 12.8 Å². The van der Waals surface area contributed by atoms with E-state index >= 15 is 0 Å². The maximum Gasteiger partial charge on any atom is 0.238 e. The van der Waals surface area contributed by atoms with Crippen molar-refractivity contribution in [2.45, 2.75) is 38.5 Å². The summed E-state index contributed by atoms with van der Waals surface area (Å²) in [6.45, 7) is 3.69. The summed E-state index contributed by atoms with van der Waals surface area (Å²) in [6, 6.07) is 5.31. The van der Waals surface area contributed by atoms with E-state index in [4.69, 9.17) is 9.47 Å². The van der Waals surface area contributed by atoms with Crippen LogP contribution >= 0.6 is 0 Å². The Hall–Kier alpha value is -2.28. The van der Waals surface area contributed by atoms with Gasteiger partial charge in [0.05, 0.1) is 26.5 Å². The lowest BCUT2D eigenvalue weighted by atomic mass is 9.95. The first-order valence-corrected chi connectivity index (χ1v) is 10.6. The topological polar surface area (TPSA) is 71.1 Å². The number of likely N-dealkylation sites (tertiary alicyclic amines) is 2. The number of anilines is 1. The molecular weight excluding hydrogens is 370 g/mol. The van der Waals surface area contributed by atoms with Gasteiger partial charge >= 0.3 is 0 Å². The molecule has 7 heteroatoms. The smallest absolute Gasteiger partial charge is 0.238 e. The highest BCUT2D eigenvalue weighted by molar-refractivity contribution is 5.93. The molecule has 0 unspecified atom stereocenters. The quantitative estimate of drug-likeness (QED) is 0.791. The number of rotatable bonds is 6. The fraction of sp³-hybridized carbons (Fsp3) is 0.636. The molecule has 2 saturated heterocycles. The van der Waals surface area contributed by atoms with Crippen molar-refractivity contribution in [3.05, 3.63) is 18.2 Å². The van der Waals surface area contributed by atoms with Crippen LogP contribution in [0.1, 0.15) is 38.5 Å². The zero-order valence-electron chi connectivity index (χ0n) is 17.6. The molecule has 1 aromatic carbocycles. The highest BCUT2D eigenvalue weighted by atomic mass is 16.5. The molecular formula is C22H33N3O4. The number of nitrogens with zero attached hydrogens (tertiary/aromatic N) is 2. The second-order valence-corrected chi connectivity index (χ2v) is 7.90. The molecule has 3 rings (SSSR count). The zero-order valence-corrected chi connectivity index (χ0v) is 17.6. The molecule has 160 valence electrons. The predicted octanol–water partition coefficient (Wildman–Crippen LogP) is 2.76. The Labute approximate surface area is 173 Å². The third-order valence-electron chi connectivity index (χ3n) is 5.90. The van der Waals surface area contributed by atoms with E-state index in [0.717, 1.165) is 51.9 Å². The van der Waals surface area contributed by atoms with Crippen LogP contribution in [0.15, 0.2) is 18.2 Å². The largest absolute Gasteiger partial charge is 0.497 e. The van der Waals surface area contributed by atoms with E-state index in [1.165, 1.54) is 12.8 Å². The number of hydrogen-bond donors (Lipinski definition) is 1. The Kier molecular flexibility index (Phi) is 7.75. The first kappa shape index (κ1) is 21.4. The molecule has 0 radical (unpaired) electrons. The van der Waals surface area contributed by atoms with Crippen molar-refractivity contribution in [3.8, 4) is 11.5 Å². The molecule has 2 fully saturated rings. The van der Waals surface area contributed by atoms with Gasteiger partial charge in [-0.3, -0.25) is 14.5 Å². The van der Waals surface area contributed by atoms with E-state index in [-0.39, 0.29) is 11.8 Å². The second kappa shape index (κ2) is 10.5. The molecule has 0 bridgehead atoms. The van der Waals surface area contributed by atoms with Crippen molar-refractivity contribution in [2.24, 2.45) is 5.92 Å². The van der Waals surface area contributed by atoms with Crippen molar-refractivity contribution < 1.29 is 19.1 Å². The Morgan fingerprint density at radius 1 is 1.00 bits per heavy atom. The van der Waals surface area contributed by atoms with Crippen molar-refractivity contribution in [3.63, 3.8) is 0 Å². The summed E-state index contributed by atoms with van der Waals surface area (Å²) in [5, 5.41) is 2.92. The summed E-state index contributed by atoms with van der Waals surface area (Å²) in [6.07, 6.45) is 6.37. The lowest BCUT2D eigenvalue weighted by molar-refractivity contribution is -0.137. The summed E-state index contributed by atoms with van der Waals surface area (Å²) in [5.41, 5.74) is 0.629. The molecule has 2 heterocycles. The number of ether oxygens (including phenoxy) is 2. The first-order chi connectivity index (χ1) is 14.1. The zero-order chi connectivity index (χ0) is 20.6. The van der Waals surface area contributed by atoms with Gasteiger partial charge in [0.1, 0.15) is 11.5 Å². The first-order valence-electron chi connectivity index (χ1n) is 10.6. The average Bonchev–Trinajstić information content (AvgIpc) is 3.03. The Morgan fingerprint density at radius 3 is 2.31 bits per heavy atom. The van der Waals surface area contributed by atoms with Crippen LogP contribution in [0.25, 0.3) is 0 Å². The van der Waals surface area contributed by atoms with Gasteiger partial charge in [-0.2, -0.15) is 0 Å².